The van der Waals surface area contributed by atoms with Crippen molar-refractivity contribution in [2.24, 2.45) is 0 Å². The lowest BCUT2D eigenvalue weighted by Crippen LogP contribution is -2.16. The Morgan fingerprint density at radius 3 is 2.67 bits per heavy atom. The number of aromatic nitrogens is 1. The van der Waals surface area contributed by atoms with E-state index in [-0.39, 0.29) is 9.37 Å². The van der Waals surface area contributed by atoms with Crippen LogP contribution in [0.1, 0.15) is 5.56 Å². The van der Waals surface area contributed by atoms with Gasteiger partial charge in [-0.1, -0.05) is 0 Å². The van der Waals surface area contributed by atoms with Gasteiger partial charge < -0.3 is 5.32 Å². The van der Waals surface area contributed by atoms with Crippen LogP contribution >= 0.6 is 15.9 Å². The number of sulfonamides is 1. The molecule has 1 aromatic heterocycles. The molecule has 0 fully saturated rings. The van der Waals surface area contributed by atoms with Gasteiger partial charge in [-0.2, -0.15) is 0 Å². The summed E-state index contributed by atoms with van der Waals surface area (Å²) in [7, 11) is -2.21. The Balaban J connectivity index is 2.45. The lowest BCUT2D eigenvalue weighted by molar-refractivity contribution is 0.600. The summed E-state index contributed by atoms with van der Waals surface area (Å²) in [6.07, 6.45) is 2.74. The van der Waals surface area contributed by atoms with E-state index in [1.165, 1.54) is 24.5 Å². The van der Waals surface area contributed by atoms with E-state index in [1.807, 2.05) is 0 Å². The molecule has 0 aliphatic heterocycles. The maximum atomic E-state index is 13.4. The average Bonchev–Trinajstić information content (AvgIpc) is 2.44. The maximum absolute atomic E-state index is 13.4. The van der Waals surface area contributed by atoms with E-state index in [9.17, 15) is 12.8 Å². The van der Waals surface area contributed by atoms with E-state index < -0.39 is 15.8 Å². The Bertz CT molecular complexity index is 781. The molecule has 2 aromatic rings. The minimum Gasteiger partial charge on any atom is -0.387 e. The first-order chi connectivity index (χ1) is 9.85. The Morgan fingerprint density at radius 2 is 2.00 bits per heavy atom. The maximum Gasteiger partial charge on any atom is 0.265 e. The predicted molar refractivity (Wildman–Crippen MR) is 83.4 cm³/mol. The molecule has 8 heteroatoms. The summed E-state index contributed by atoms with van der Waals surface area (Å²) in [6, 6.07) is 4.20. The SMILES string of the molecule is CNc1ccncc1S(=O)(=O)Nc1cc(Br)c(F)cc1C. The third-order valence-corrected chi connectivity index (χ3v) is 4.86. The van der Waals surface area contributed by atoms with Crippen LogP contribution in [0.5, 0.6) is 0 Å². The van der Waals surface area contributed by atoms with Crippen molar-refractivity contribution in [3.05, 3.63) is 46.4 Å². The van der Waals surface area contributed by atoms with Gasteiger partial charge in [0.25, 0.3) is 10.0 Å². The molecule has 112 valence electrons. The van der Waals surface area contributed by atoms with Gasteiger partial charge in [-0.3, -0.25) is 9.71 Å². The van der Waals surface area contributed by atoms with E-state index in [0.29, 0.717) is 16.9 Å². The van der Waals surface area contributed by atoms with Crippen molar-refractivity contribution < 1.29 is 12.8 Å². The summed E-state index contributed by atoms with van der Waals surface area (Å²) < 4.78 is 40.9. The largest absolute Gasteiger partial charge is 0.387 e. The summed E-state index contributed by atoms with van der Waals surface area (Å²) in [5, 5.41) is 2.79. The molecular formula is C13H13BrFN3O2S. The molecule has 0 radical (unpaired) electrons. The molecule has 0 unspecified atom stereocenters. The molecule has 0 saturated heterocycles. The molecule has 1 aromatic carbocycles. The fourth-order valence-electron chi connectivity index (χ4n) is 1.76. The molecule has 5 nitrogen and oxygen atoms in total. The lowest BCUT2D eigenvalue weighted by atomic mass is 10.2. The van der Waals surface area contributed by atoms with Crippen molar-refractivity contribution in [1.29, 1.82) is 0 Å². The van der Waals surface area contributed by atoms with Gasteiger partial charge in [-0.05, 0) is 46.6 Å². The summed E-state index contributed by atoms with van der Waals surface area (Å²) in [4.78, 5) is 3.85. The van der Waals surface area contributed by atoms with Crippen LogP contribution in [0.15, 0.2) is 40.0 Å². The van der Waals surface area contributed by atoms with Crippen molar-refractivity contribution in [2.45, 2.75) is 11.8 Å². The number of hydrogen-bond acceptors (Lipinski definition) is 4. The van der Waals surface area contributed by atoms with E-state index >= 15 is 0 Å². The first-order valence-corrected chi connectivity index (χ1v) is 8.23. The highest BCUT2D eigenvalue weighted by Gasteiger charge is 2.20. The Labute approximate surface area is 130 Å². The Kier molecular flexibility index (Phi) is 4.48. The van der Waals surface area contributed by atoms with Crippen molar-refractivity contribution in [3.63, 3.8) is 0 Å². The van der Waals surface area contributed by atoms with Gasteiger partial charge in [-0.15, -0.1) is 0 Å². The minimum atomic E-state index is -3.83. The number of hydrogen-bond donors (Lipinski definition) is 2. The van der Waals surface area contributed by atoms with Gasteiger partial charge in [0.1, 0.15) is 10.7 Å². The van der Waals surface area contributed by atoms with Gasteiger partial charge in [0.15, 0.2) is 0 Å². The molecule has 2 N–H and O–H groups in total. The number of nitrogens with zero attached hydrogens (tertiary/aromatic N) is 1. The molecule has 2 rings (SSSR count). The molecular weight excluding hydrogens is 361 g/mol. The fraction of sp³-hybridized carbons (Fsp3) is 0.154. The van der Waals surface area contributed by atoms with Gasteiger partial charge in [0.05, 0.1) is 15.8 Å². The number of aryl methyl sites for hydroxylation is 1. The van der Waals surface area contributed by atoms with Crippen molar-refractivity contribution in [1.82, 2.24) is 4.98 Å². The van der Waals surface area contributed by atoms with E-state index in [4.69, 9.17) is 0 Å². The van der Waals surface area contributed by atoms with Crippen LogP contribution in [0, 0.1) is 12.7 Å². The highest BCUT2D eigenvalue weighted by molar-refractivity contribution is 9.10. The molecule has 0 spiro atoms. The Hall–Kier alpha value is -1.67. The van der Waals surface area contributed by atoms with Gasteiger partial charge >= 0.3 is 0 Å². The standard InChI is InChI=1S/C13H13BrFN3O2S/c1-8-5-10(15)9(14)6-12(8)18-21(19,20)13-7-17-4-3-11(13)16-2/h3-7,18H,1-2H3,(H,16,17). The monoisotopic (exact) mass is 373 g/mol. The van der Waals surface area contributed by atoms with Crippen LogP contribution in [-0.2, 0) is 10.0 Å². The van der Waals surface area contributed by atoms with E-state index in [2.05, 4.69) is 31.0 Å². The van der Waals surface area contributed by atoms with Crippen molar-refractivity contribution >= 4 is 37.3 Å². The lowest BCUT2D eigenvalue weighted by Gasteiger charge is -2.13. The second kappa shape index (κ2) is 5.98. The summed E-state index contributed by atoms with van der Waals surface area (Å²) in [6.45, 7) is 1.62. The number of rotatable bonds is 4. The van der Waals surface area contributed by atoms with Gasteiger partial charge in [0, 0.05) is 19.4 Å². The minimum absolute atomic E-state index is 0.0207. The second-order valence-electron chi connectivity index (χ2n) is 4.31. The number of pyridine rings is 1. The molecule has 0 aliphatic carbocycles. The van der Waals surface area contributed by atoms with Crippen LogP contribution in [0.4, 0.5) is 15.8 Å². The van der Waals surface area contributed by atoms with Crippen LogP contribution in [0.25, 0.3) is 0 Å². The van der Waals surface area contributed by atoms with Crippen LogP contribution in [0.2, 0.25) is 0 Å². The molecule has 0 atom stereocenters. The van der Waals surface area contributed by atoms with E-state index in [1.54, 1.807) is 20.0 Å². The van der Waals surface area contributed by atoms with Crippen molar-refractivity contribution in [2.75, 3.05) is 17.1 Å². The quantitative estimate of drug-likeness (QED) is 0.863. The zero-order valence-corrected chi connectivity index (χ0v) is 13.7. The topological polar surface area (TPSA) is 71.1 Å². The highest BCUT2D eigenvalue weighted by Crippen LogP contribution is 2.28. The molecule has 0 aliphatic rings. The molecule has 0 saturated carbocycles. The zero-order chi connectivity index (χ0) is 15.6. The third kappa shape index (κ3) is 3.33. The summed E-state index contributed by atoms with van der Waals surface area (Å²) in [5.74, 6) is -0.451. The van der Waals surface area contributed by atoms with Crippen LogP contribution < -0.4 is 10.0 Å². The number of anilines is 2. The normalized spacial score (nSPS) is 11.2. The van der Waals surface area contributed by atoms with Crippen LogP contribution in [0.3, 0.4) is 0 Å². The average molecular weight is 374 g/mol. The smallest absolute Gasteiger partial charge is 0.265 e. The van der Waals surface area contributed by atoms with Crippen molar-refractivity contribution in [3.8, 4) is 0 Å². The summed E-state index contributed by atoms with van der Waals surface area (Å²) in [5.41, 5.74) is 1.21. The van der Waals surface area contributed by atoms with Gasteiger partial charge in [-0.25, -0.2) is 12.8 Å². The van der Waals surface area contributed by atoms with Crippen LogP contribution in [-0.4, -0.2) is 20.4 Å². The van der Waals surface area contributed by atoms with Gasteiger partial charge in [0.2, 0.25) is 0 Å². The summed E-state index contributed by atoms with van der Waals surface area (Å²) >= 11 is 3.04. The third-order valence-electron chi connectivity index (χ3n) is 2.85. The number of nitrogens with one attached hydrogen (secondary N) is 2. The van der Waals surface area contributed by atoms with E-state index in [0.717, 1.165) is 0 Å². The number of benzene rings is 1. The Morgan fingerprint density at radius 1 is 1.29 bits per heavy atom. The number of halogens is 2. The zero-order valence-electron chi connectivity index (χ0n) is 11.3. The molecule has 0 amide bonds. The second-order valence-corrected chi connectivity index (χ2v) is 6.81. The first-order valence-electron chi connectivity index (χ1n) is 5.95. The molecule has 21 heavy (non-hydrogen) atoms. The molecule has 1 heterocycles. The highest BCUT2D eigenvalue weighted by atomic mass is 79.9. The fourth-order valence-corrected chi connectivity index (χ4v) is 3.38. The molecule has 0 bridgehead atoms. The predicted octanol–water partition coefficient (Wildman–Crippen LogP) is 3.13. The first kappa shape index (κ1) is 15.7.